The molecule has 0 spiro atoms. The molecule has 1 aromatic rings. The quantitative estimate of drug-likeness (QED) is 0.829. The number of carbonyl (C=O) groups excluding carboxylic acids is 2. The van der Waals surface area contributed by atoms with Crippen molar-refractivity contribution >= 4 is 12.0 Å². The van der Waals surface area contributed by atoms with Crippen molar-refractivity contribution in [3.05, 3.63) is 23.2 Å². The molecule has 20 heavy (non-hydrogen) atoms. The van der Waals surface area contributed by atoms with E-state index in [-0.39, 0.29) is 12.0 Å². The van der Waals surface area contributed by atoms with Gasteiger partial charge < -0.3 is 19.0 Å². The van der Waals surface area contributed by atoms with Crippen LogP contribution in [0.1, 0.15) is 28.6 Å². The first-order chi connectivity index (χ1) is 9.54. The van der Waals surface area contributed by atoms with Crippen LogP contribution in [0.25, 0.3) is 0 Å². The van der Waals surface area contributed by atoms with Crippen molar-refractivity contribution in [2.24, 2.45) is 0 Å². The Bertz CT molecular complexity index is 482. The molecule has 2 rings (SSSR count). The minimum absolute atomic E-state index is 0.0303. The predicted octanol–water partition coefficient (Wildman–Crippen LogP) is 1.81. The van der Waals surface area contributed by atoms with E-state index in [1.165, 1.54) is 0 Å². The summed E-state index contributed by atoms with van der Waals surface area (Å²) in [6.45, 7) is 7.83. The Kier molecular flexibility index (Phi) is 4.32. The van der Waals surface area contributed by atoms with Crippen LogP contribution in [0.15, 0.2) is 10.7 Å². The molecule has 1 saturated heterocycles. The molecular formula is C14H20N2O4. The van der Waals surface area contributed by atoms with Crippen LogP contribution in [0.2, 0.25) is 0 Å². The Balaban J connectivity index is 1.97. The average Bonchev–Trinajstić information content (AvgIpc) is 2.78. The molecule has 1 fully saturated rings. The molecule has 2 heterocycles. The summed E-state index contributed by atoms with van der Waals surface area (Å²) in [7, 11) is 0. The summed E-state index contributed by atoms with van der Waals surface area (Å²) in [5.41, 5.74) is 1.48. The summed E-state index contributed by atoms with van der Waals surface area (Å²) in [6.07, 6.45) is 1.28. The third-order valence-corrected chi connectivity index (χ3v) is 3.47. The van der Waals surface area contributed by atoms with Crippen LogP contribution in [0, 0.1) is 13.8 Å². The molecule has 1 aliphatic rings. The van der Waals surface area contributed by atoms with E-state index in [1.54, 1.807) is 29.9 Å². The van der Waals surface area contributed by atoms with E-state index in [2.05, 4.69) is 0 Å². The molecule has 2 amide bonds. The van der Waals surface area contributed by atoms with E-state index in [4.69, 9.17) is 9.15 Å². The largest absolute Gasteiger partial charge is 0.469 e. The van der Waals surface area contributed by atoms with Gasteiger partial charge in [-0.2, -0.15) is 0 Å². The summed E-state index contributed by atoms with van der Waals surface area (Å²) in [4.78, 5) is 27.4. The van der Waals surface area contributed by atoms with Gasteiger partial charge in [0.05, 0.1) is 18.4 Å². The zero-order valence-electron chi connectivity index (χ0n) is 12.1. The minimum atomic E-state index is -0.310. The van der Waals surface area contributed by atoms with Gasteiger partial charge in [-0.15, -0.1) is 0 Å². The number of carbonyl (C=O) groups is 2. The summed E-state index contributed by atoms with van der Waals surface area (Å²) in [5.74, 6) is 0.609. The monoisotopic (exact) mass is 280 g/mol. The minimum Gasteiger partial charge on any atom is -0.469 e. The van der Waals surface area contributed by atoms with Crippen LogP contribution in [0.4, 0.5) is 4.79 Å². The number of aryl methyl sites for hydroxylation is 2. The third kappa shape index (κ3) is 2.79. The number of piperazine rings is 1. The van der Waals surface area contributed by atoms with Gasteiger partial charge in [-0.3, -0.25) is 4.79 Å². The second kappa shape index (κ2) is 5.98. The average molecular weight is 280 g/mol. The molecule has 0 bridgehead atoms. The first-order valence-corrected chi connectivity index (χ1v) is 6.80. The number of ether oxygens (including phenoxy) is 1. The molecule has 0 unspecified atom stereocenters. The number of hydrogen-bond acceptors (Lipinski definition) is 4. The maximum absolute atomic E-state index is 12.4. The summed E-state index contributed by atoms with van der Waals surface area (Å²) < 4.78 is 10.2. The molecule has 0 radical (unpaired) electrons. The van der Waals surface area contributed by atoms with Crippen molar-refractivity contribution in [2.45, 2.75) is 20.8 Å². The maximum Gasteiger partial charge on any atom is 0.409 e. The Morgan fingerprint density at radius 2 is 1.80 bits per heavy atom. The van der Waals surface area contributed by atoms with Crippen molar-refractivity contribution in [1.29, 1.82) is 0 Å². The molecule has 0 aliphatic carbocycles. The van der Waals surface area contributed by atoms with Crippen LogP contribution in [-0.2, 0) is 4.74 Å². The Morgan fingerprint density at radius 3 is 2.30 bits per heavy atom. The predicted molar refractivity (Wildman–Crippen MR) is 72.7 cm³/mol. The standard InChI is InChI=1S/C14H20N2O4/c1-4-19-14(18)16-7-5-15(6-8-16)13(17)12-10(2)9-20-11(12)3/h9H,4-8H2,1-3H3. The normalized spacial score (nSPS) is 15.3. The van der Waals surface area contributed by atoms with Gasteiger partial charge in [0.25, 0.3) is 5.91 Å². The highest BCUT2D eigenvalue weighted by atomic mass is 16.6. The molecule has 6 nitrogen and oxygen atoms in total. The zero-order valence-corrected chi connectivity index (χ0v) is 12.1. The topological polar surface area (TPSA) is 63.0 Å². The molecule has 0 atom stereocenters. The van der Waals surface area contributed by atoms with Crippen LogP contribution in [0.3, 0.4) is 0 Å². The first-order valence-electron chi connectivity index (χ1n) is 6.80. The molecule has 0 N–H and O–H groups in total. The van der Waals surface area contributed by atoms with E-state index in [0.29, 0.717) is 44.1 Å². The third-order valence-electron chi connectivity index (χ3n) is 3.47. The molecular weight excluding hydrogens is 260 g/mol. The van der Waals surface area contributed by atoms with Gasteiger partial charge in [-0.25, -0.2) is 4.79 Å². The SMILES string of the molecule is CCOC(=O)N1CCN(C(=O)c2c(C)coc2C)CC1. The summed E-state index contributed by atoms with van der Waals surface area (Å²) in [6, 6.07) is 0. The second-order valence-electron chi connectivity index (χ2n) is 4.83. The molecule has 1 aromatic heterocycles. The summed E-state index contributed by atoms with van der Waals surface area (Å²) >= 11 is 0. The fourth-order valence-electron chi connectivity index (χ4n) is 2.36. The van der Waals surface area contributed by atoms with E-state index in [9.17, 15) is 9.59 Å². The molecule has 1 aliphatic heterocycles. The highest BCUT2D eigenvalue weighted by molar-refractivity contribution is 5.96. The van der Waals surface area contributed by atoms with E-state index in [1.807, 2.05) is 6.92 Å². The number of nitrogens with zero attached hydrogens (tertiary/aromatic N) is 2. The van der Waals surface area contributed by atoms with Crippen LogP contribution in [-0.4, -0.2) is 54.6 Å². The van der Waals surface area contributed by atoms with Crippen molar-refractivity contribution in [3.63, 3.8) is 0 Å². The number of amides is 2. The molecule has 6 heteroatoms. The van der Waals surface area contributed by atoms with E-state index < -0.39 is 0 Å². The molecule has 110 valence electrons. The van der Waals surface area contributed by atoms with Gasteiger partial charge in [0.15, 0.2) is 0 Å². The lowest BCUT2D eigenvalue weighted by atomic mass is 10.1. The second-order valence-corrected chi connectivity index (χ2v) is 4.83. The van der Waals surface area contributed by atoms with Crippen LogP contribution < -0.4 is 0 Å². The maximum atomic E-state index is 12.4. The highest BCUT2D eigenvalue weighted by Crippen LogP contribution is 2.18. The van der Waals surface area contributed by atoms with Gasteiger partial charge in [0.1, 0.15) is 5.76 Å². The molecule has 0 saturated carbocycles. The van der Waals surface area contributed by atoms with Gasteiger partial charge in [-0.05, 0) is 20.8 Å². The van der Waals surface area contributed by atoms with E-state index >= 15 is 0 Å². The first kappa shape index (κ1) is 14.4. The Hall–Kier alpha value is -1.98. The lowest BCUT2D eigenvalue weighted by Gasteiger charge is -2.34. The van der Waals surface area contributed by atoms with Gasteiger partial charge in [-0.1, -0.05) is 0 Å². The van der Waals surface area contributed by atoms with Crippen molar-refractivity contribution in [2.75, 3.05) is 32.8 Å². The zero-order chi connectivity index (χ0) is 14.7. The smallest absolute Gasteiger partial charge is 0.409 e. The Labute approximate surface area is 118 Å². The van der Waals surface area contributed by atoms with Crippen molar-refractivity contribution < 1.29 is 18.7 Å². The molecule has 0 aromatic carbocycles. The van der Waals surface area contributed by atoms with E-state index in [0.717, 1.165) is 5.56 Å². The lowest BCUT2D eigenvalue weighted by molar-refractivity contribution is 0.0568. The van der Waals surface area contributed by atoms with Crippen molar-refractivity contribution in [1.82, 2.24) is 9.80 Å². The van der Waals surface area contributed by atoms with Gasteiger partial charge in [0.2, 0.25) is 0 Å². The number of furan rings is 1. The van der Waals surface area contributed by atoms with Gasteiger partial charge >= 0.3 is 6.09 Å². The lowest BCUT2D eigenvalue weighted by Crippen LogP contribution is -2.50. The summed E-state index contributed by atoms with van der Waals surface area (Å²) in [5, 5.41) is 0. The van der Waals surface area contributed by atoms with Crippen LogP contribution >= 0.6 is 0 Å². The Morgan fingerprint density at radius 1 is 1.20 bits per heavy atom. The fraction of sp³-hybridized carbons (Fsp3) is 0.571. The number of rotatable bonds is 2. The van der Waals surface area contributed by atoms with Crippen molar-refractivity contribution in [3.8, 4) is 0 Å². The van der Waals surface area contributed by atoms with Gasteiger partial charge in [0, 0.05) is 31.7 Å². The van der Waals surface area contributed by atoms with Crippen LogP contribution in [0.5, 0.6) is 0 Å². The highest BCUT2D eigenvalue weighted by Gasteiger charge is 2.27. The fourth-order valence-corrected chi connectivity index (χ4v) is 2.36. The number of hydrogen-bond donors (Lipinski definition) is 0.